The molecule has 2 aromatic carbocycles. The summed E-state index contributed by atoms with van der Waals surface area (Å²) in [5.74, 6) is 0. The molecule has 3 rings (SSSR count). The summed E-state index contributed by atoms with van der Waals surface area (Å²) in [6.07, 6.45) is 0.186. The molecule has 0 spiro atoms. The van der Waals surface area contributed by atoms with Crippen LogP contribution in [0.3, 0.4) is 0 Å². The molecule has 3 aromatic rings. The fourth-order valence-corrected chi connectivity index (χ4v) is 4.28. The molecule has 0 saturated heterocycles. The van der Waals surface area contributed by atoms with Gasteiger partial charge in [-0.1, -0.05) is 0 Å². The SMILES string of the molecule is CC(C)(C)OC(=O)NC(Cc1ccccc1)c1nnc(Nc2ccccc2)[se]1. The van der Waals surface area contributed by atoms with E-state index in [-0.39, 0.29) is 20.5 Å². The minimum absolute atomic E-state index is 0.107. The van der Waals surface area contributed by atoms with E-state index in [2.05, 4.69) is 20.8 Å². The summed E-state index contributed by atoms with van der Waals surface area (Å²) in [5, 5.41) is 14.9. The van der Waals surface area contributed by atoms with E-state index >= 15 is 0 Å². The molecule has 6 nitrogen and oxygen atoms in total. The van der Waals surface area contributed by atoms with Gasteiger partial charge < -0.3 is 0 Å². The maximum absolute atomic E-state index is 12.4. The third kappa shape index (κ3) is 6.22. The summed E-state index contributed by atoms with van der Waals surface area (Å²) in [6.45, 7) is 5.54. The predicted molar refractivity (Wildman–Crippen MR) is 111 cm³/mol. The molecule has 2 N–H and O–H groups in total. The van der Waals surface area contributed by atoms with Crippen molar-refractivity contribution < 1.29 is 9.53 Å². The monoisotopic (exact) mass is 444 g/mol. The van der Waals surface area contributed by atoms with Crippen LogP contribution in [0.4, 0.5) is 15.2 Å². The van der Waals surface area contributed by atoms with Gasteiger partial charge in [0.05, 0.1) is 0 Å². The molecule has 0 radical (unpaired) electrons. The van der Waals surface area contributed by atoms with Crippen LogP contribution in [0.25, 0.3) is 0 Å². The minimum atomic E-state index is -0.555. The molecule has 1 amide bonds. The second-order valence-corrected chi connectivity index (χ2v) is 9.44. The molecule has 0 aliphatic rings. The van der Waals surface area contributed by atoms with Crippen LogP contribution < -0.4 is 10.6 Å². The van der Waals surface area contributed by atoms with Gasteiger partial charge in [0.1, 0.15) is 0 Å². The normalized spacial score (nSPS) is 12.2. The second-order valence-electron chi connectivity index (χ2n) is 7.33. The van der Waals surface area contributed by atoms with Gasteiger partial charge in [-0.25, -0.2) is 0 Å². The molecule has 0 aliphatic heterocycles. The molecule has 0 saturated carbocycles. The van der Waals surface area contributed by atoms with E-state index < -0.39 is 11.7 Å². The van der Waals surface area contributed by atoms with Crippen LogP contribution in [-0.2, 0) is 11.2 Å². The Morgan fingerprint density at radius 2 is 1.68 bits per heavy atom. The number of carbonyl (C=O) groups is 1. The van der Waals surface area contributed by atoms with Gasteiger partial charge in [-0.3, -0.25) is 0 Å². The number of nitrogens with one attached hydrogen (secondary N) is 2. The Morgan fingerprint density at radius 1 is 1.04 bits per heavy atom. The molecule has 1 atom stereocenters. The third-order valence-electron chi connectivity index (χ3n) is 3.74. The number of anilines is 2. The first-order valence-corrected chi connectivity index (χ1v) is 10.8. The predicted octanol–water partition coefficient (Wildman–Crippen LogP) is 4.09. The van der Waals surface area contributed by atoms with Crippen LogP contribution in [0, 0.1) is 0 Å². The molecule has 1 heterocycles. The summed E-state index contributed by atoms with van der Waals surface area (Å²) in [5.41, 5.74) is 1.53. The quantitative estimate of drug-likeness (QED) is 0.562. The van der Waals surface area contributed by atoms with Gasteiger partial charge in [0.2, 0.25) is 0 Å². The topological polar surface area (TPSA) is 76.1 Å². The van der Waals surface area contributed by atoms with Gasteiger partial charge >= 0.3 is 171 Å². The van der Waals surface area contributed by atoms with Gasteiger partial charge in [0.25, 0.3) is 0 Å². The fraction of sp³-hybridized carbons (Fsp3) is 0.286. The molecule has 1 aromatic heterocycles. The summed E-state index contributed by atoms with van der Waals surface area (Å²) >= 11 is -0.107. The van der Waals surface area contributed by atoms with E-state index in [4.69, 9.17) is 4.74 Å². The van der Waals surface area contributed by atoms with Crippen molar-refractivity contribution in [2.24, 2.45) is 0 Å². The molecule has 1 unspecified atom stereocenters. The average Bonchev–Trinajstić information content (AvgIpc) is 3.10. The van der Waals surface area contributed by atoms with Crippen molar-refractivity contribution in [3.63, 3.8) is 0 Å². The number of ether oxygens (including phenoxy) is 1. The molecular weight excluding hydrogens is 419 g/mol. The zero-order valence-electron chi connectivity index (χ0n) is 16.2. The van der Waals surface area contributed by atoms with Crippen LogP contribution in [0.15, 0.2) is 60.7 Å². The number of nitrogens with zero attached hydrogens (tertiary/aromatic N) is 2. The van der Waals surface area contributed by atoms with E-state index in [0.717, 1.165) is 20.5 Å². The van der Waals surface area contributed by atoms with E-state index in [9.17, 15) is 4.79 Å². The molecule has 0 aliphatic carbocycles. The maximum atomic E-state index is 12.4. The van der Waals surface area contributed by atoms with Crippen LogP contribution in [0.2, 0.25) is 0 Å². The number of hydrogen-bond donors (Lipinski definition) is 2. The number of rotatable bonds is 6. The van der Waals surface area contributed by atoms with Gasteiger partial charge in [0, 0.05) is 0 Å². The first-order chi connectivity index (χ1) is 13.4. The van der Waals surface area contributed by atoms with Crippen molar-refractivity contribution in [2.75, 3.05) is 5.32 Å². The Hall–Kier alpha value is -2.63. The molecule has 7 heteroatoms. The van der Waals surface area contributed by atoms with Crippen LogP contribution >= 0.6 is 0 Å². The number of para-hydroxylation sites is 1. The zero-order chi connectivity index (χ0) is 20.0. The number of hydrogen-bond acceptors (Lipinski definition) is 5. The summed E-state index contributed by atoms with van der Waals surface area (Å²) in [6, 6.07) is 19.6. The number of carbonyl (C=O) groups excluding carboxylic acids is 1. The van der Waals surface area contributed by atoms with Crippen LogP contribution in [0.5, 0.6) is 0 Å². The molecule has 0 fully saturated rings. The molecular formula is C21H24N4O2Se. The van der Waals surface area contributed by atoms with Crippen molar-refractivity contribution in [2.45, 2.75) is 38.8 Å². The van der Waals surface area contributed by atoms with Gasteiger partial charge in [-0.05, 0) is 0 Å². The summed E-state index contributed by atoms with van der Waals surface area (Å²) in [7, 11) is 0. The Kier molecular flexibility index (Phi) is 6.49. The van der Waals surface area contributed by atoms with Crippen molar-refractivity contribution in [1.82, 2.24) is 15.5 Å². The molecule has 146 valence electrons. The summed E-state index contributed by atoms with van der Waals surface area (Å²) in [4.78, 5) is 12.4. The number of aromatic nitrogens is 2. The van der Waals surface area contributed by atoms with Crippen molar-refractivity contribution >= 4 is 31.0 Å². The first-order valence-electron chi connectivity index (χ1n) is 9.08. The Bertz CT molecular complexity index is 892. The van der Waals surface area contributed by atoms with Crippen molar-refractivity contribution in [3.05, 3.63) is 70.8 Å². The number of amides is 1. The number of alkyl carbamates (subject to hydrolysis) is 1. The van der Waals surface area contributed by atoms with E-state index in [1.807, 2.05) is 81.4 Å². The van der Waals surface area contributed by atoms with Crippen molar-refractivity contribution in [1.29, 1.82) is 0 Å². The first kappa shape index (κ1) is 20.1. The Labute approximate surface area is 171 Å². The fourth-order valence-electron chi connectivity index (χ4n) is 2.57. The van der Waals surface area contributed by atoms with E-state index in [1.54, 1.807) is 0 Å². The van der Waals surface area contributed by atoms with Gasteiger partial charge in [-0.15, -0.1) is 0 Å². The van der Waals surface area contributed by atoms with E-state index in [1.165, 1.54) is 0 Å². The van der Waals surface area contributed by atoms with Gasteiger partial charge in [-0.2, -0.15) is 0 Å². The second kappa shape index (κ2) is 9.04. The molecule has 28 heavy (non-hydrogen) atoms. The molecule has 0 bridgehead atoms. The van der Waals surface area contributed by atoms with Crippen molar-refractivity contribution in [3.8, 4) is 0 Å². The Morgan fingerprint density at radius 3 is 2.32 bits per heavy atom. The van der Waals surface area contributed by atoms with E-state index in [0.29, 0.717) is 6.42 Å². The van der Waals surface area contributed by atoms with Gasteiger partial charge in [0.15, 0.2) is 0 Å². The number of benzene rings is 2. The standard InChI is InChI=1S/C21H24N4O2Se/c1-21(2,3)27-20(26)23-17(14-15-10-6-4-7-11-15)18-24-25-19(28-18)22-16-12-8-5-9-13-16/h4-13,17H,14H2,1-3H3,(H,22,25)(H,23,26). The Balaban J connectivity index is 1.77. The zero-order valence-corrected chi connectivity index (χ0v) is 17.9. The average molecular weight is 443 g/mol. The van der Waals surface area contributed by atoms with Crippen LogP contribution in [-0.4, -0.2) is 36.4 Å². The third-order valence-corrected chi connectivity index (χ3v) is 5.74. The van der Waals surface area contributed by atoms with Crippen LogP contribution in [0.1, 0.15) is 36.9 Å². The summed E-state index contributed by atoms with van der Waals surface area (Å²) < 4.78 is 7.12.